The third kappa shape index (κ3) is 10.0. The van der Waals surface area contributed by atoms with Crippen LogP contribution in [0.2, 0.25) is 19.1 Å². The predicted octanol–water partition coefficient (Wildman–Crippen LogP) is 10.2. The Bertz CT molecular complexity index is 692. The smallest absolute Gasteiger partial charge is 0.187 e. The number of nitrogens with zero attached hydrogens (tertiary/aromatic N) is 1. The summed E-state index contributed by atoms with van der Waals surface area (Å²) in [4.78, 5) is 4.65. The molecule has 1 saturated carbocycles. The van der Waals surface area contributed by atoms with Crippen molar-refractivity contribution in [2.45, 2.75) is 68.1 Å². The molecule has 0 amide bonds. The van der Waals surface area contributed by atoms with Gasteiger partial charge in [0.2, 0.25) is 0 Å². The minimum Gasteiger partial charge on any atom is -0.414 e. The van der Waals surface area contributed by atoms with E-state index in [0.29, 0.717) is 6.10 Å². The lowest BCUT2D eigenvalue weighted by Gasteiger charge is -2.31. The minimum absolute atomic E-state index is 0.564. The number of hydrogen-bond acceptors (Lipinski definition) is 10. The van der Waals surface area contributed by atoms with E-state index in [0.717, 1.165) is 9.86 Å². The van der Waals surface area contributed by atoms with Crippen LogP contribution in [0.15, 0.2) is 28.6 Å². The van der Waals surface area contributed by atoms with Crippen LogP contribution in [-0.2, 0) is 4.43 Å². The van der Waals surface area contributed by atoms with Gasteiger partial charge in [-0.15, -0.1) is 11.3 Å². The molecule has 0 radical (unpaired) electrons. The van der Waals surface area contributed by atoms with E-state index in [4.69, 9.17) is 4.43 Å². The first-order valence-corrected chi connectivity index (χ1v) is 22.7. The second kappa shape index (κ2) is 14.1. The Morgan fingerprint density at radius 3 is 2.62 bits per heavy atom. The molecule has 0 spiro atoms. The summed E-state index contributed by atoms with van der Waals surface area (Å²) < 4.78 is 8.91. The van der Waals surface area contributed by atoms with Crippen molar-refractivity contribution < 1.29 is 4.43 Å². The zero-order chi connectivity index (χ0) is 20.4. The monoisotopic (exact) mass is 557 g/mol. The normalized spacial score (nSPS) is 15.9. The Kier molecular flexibility index (Phi) is 12.3. The van der Waals surface area contributed by atoms with Crippen molar-refractivity contribution in [1.82, 2.24) is 4.98 Å². The number of benzene rings is 1. The van der Waals surface area contributed by atoms with E-state index in [2.05, 4.69) is 36.3 Å². The van der Waals surface area contributed by atoms with Crippen LogP contribution in [0.1, 0.15) is 38.5 Å². The molecule has 0 saturated heterocycles. The van der Waals surface area contributed by atoms with Crippen LogP contribution in [0.3, 0.4) is 0 Å². The summed E-state index contributed by atoms with van der Waals surface area (Å²) in [6.07, 6.45) is 8.57. The van der Waals surface area contributed by atoms with Crippen molar-refractivity contribution in [3.8, 4) is 0 Å². The predicted molar refractivity (Wildman–Crippen MR) is 151 cm³/mol. The molecule has 29 heavy (non-hydrogen) atoms. The van der Waals surface area contributed by atoms with Crippen molar-refractivity contribution in [3.63, 3.8) is 0 Å². The Balaban J connectivity index is 1.15. The summed E-state index contributed by atoms with van der Waals surface area (Å²) >= 11 is 1.77. The number of hydrogen-bond donors (Lipinski definition) is 0. The molecule has 1 fully saturated rings. The molecule has 0 bridgehead atoms. The first kappa shape index (κ1) is 25.4. The van der Waals surface area contributed by atoms with Crippen LogP contribution in [0.5, 0.6) is 0 Å². The highest BCUT2D eigenvalue weighted by atomic mass is 33.9. The highest BCUT2D eigenvalue weighted by Crippen LogP contribution is 2.56. The Hall–Kier alpha value is 1.74. The Labute approximate surface area is 206 Å². The van der Waals surface area contributed by atoms with Gasteiger partial charge in [0.25, 0.3) is 0 Å². The second-order valence-electron chi connectivity index (χ2n) is 7.43. The maximum atomic E-state index is 6.51. The Morgan fingerprint density at radius 1 is 1.03 bits per heavy atom. The van der Waals surface area contributed by atoms with Gasteiger partial charge < -0.3 is 4.43 Å². The zero-order valence-corrected chi connectivity index (χ0v) is 24.2. The lowest BCUT2D eigenvalue weighted by Crippen LogP contribution is -2.36. The standard InChI is InChI=1S/C18H27NOS8Si/c1-29(2,20-15-9-4-3-5-10-15)14-8-13-21-24-26-28-27-25-23-18-19-16-11-6-7-12-17(16)22-18/h6-7,11-12,15H,3-5,8-10,13-14H2,1-2H3. The van der Waals surface area contributed by atoms with Crippen molar-refractivity contribution in [2.75, 3.05) is 5.75 Å². The molecule has 2 nitrogen and oxygen atoms in total. The molecular formula is C18H27NOS8Si. The van der Waals surface area contributed by atoms with Crippen molar-refractivity contribution in [1.29, 1.82) is 0 Å². The van der Waals surface area contributed by atoms with Gasteiger partial charge in [-0.1, -0.05) is 42.2 Å². The summed E-state index contributed by atoms with van der Waals surface area (Å²) in [6, 6.07) is 9.63. The average molecular weight is 558 g/mol. The molecule has 0 unspecified atom stereocenters. The highest BCUT2D eigenvalue weighted by molar-refractivity contribution is 9.46. The molecule has 1 aromatic heterocycles. The molecule has 1 heterocycles. The van der Waals surface area contributed by atoms with E-state index >= 15 is 0 Å². The van der Waals surface area contributed by atoms with Gasteiger partial charge in [0.15, 0.2) is 12.7 Å². The molecule has 1 aliphatic carbocycles. The third-order valence-corrected chi connectivity index (χ3v) is 21.4. The molecule has 162 valence electrons. The summed E-state index contributed by atoms with van der Waals surface area (Å²) in [5.74, 6) is 1.22. The maximum Gasteiger partial charge on any atom is 0.187 e. The summed E-state index contributed by atoms with van der Waals surface area (Å²) in [5, 5.41) is 0. The van der Waals surface area contributed by atoms with E-state index in [9.17, 15) is 0 Å². The number of rotatable bonds is 13. The van der Waals surface area contributed by atoms with Crippen LogP contribution in [-0.4, -0.2) is 25.2 Å². The molecule has 11 heteroatoms. The van der Waals surface area contributed by atoms with Crippen LogP contribution in [0.25, 0.3) is 10.2 Å². The molecular weight excluding hydrogens is 531 g/mol. The number of thiazole rings is 1. The average Bonchev–Trinajstić information content (AvgIpc) is 3.12. The fourth-order valence-corrected chi connectivity index (χ4v) is 21.4. The van der Waals surface area contributed by atoms with Gasteiger partial charge in [-0.05, 0) is 110 Å². The SMILES string of the molecule is C[Si](C)(CCCSSSSSSSc1nc2ccccc2s1)OC1CCCCC1. The highest BCUT2D eigenvalue weighted by Gasteiger charge is 2.27. The second-order valence-corrected chi connectivity index (χ2v) is 24.2. The maximum absolute atomic E-state index is 6.51. The van der Waals surface area contributed by atoms with E-state index < -0.39 is 8.32 Å². The topological polar surface area (TPSA) is 22.1 Å². The molecule has 1 aliphatic rings. The van der Waals surface area contributed by atoms with Crippen molar-refractivity contribution >= 4 is 101 Å². The lowest BCUT2D eigenvalue weighted by molar-refractivity contribution is 0.145. The quantitative estimate of drug-likeness (QED) is 0.135. The van der Waals surface area contributed by atoms with Gasteiger partial charge in [-0.3, -0.25) is 0 Å². The van der Waals surface area contributed by atoms with Crippen LogP contribution >= 0.6 is 82.1 Å². The Morgan fingerprint density at radius 2 is 1.79 bits per heavy atom. The van der Waals surface area contributed by atoms with Crippen LogP contribution < -0.4 is 0 Å². The summed E-state index contributed by atoms with van der Waals surface area (Å²) in [5.41, 5.74) is 1.11. The number of fused-ring (bicyclic) bond motifs is 1. The van der Waals surface area contributed by atoms with E-state index in [1.165, 1.54) is 55.0 Å². The molecule has 2 aromatic rings. The molecule has 0 aliphatic heterocycles. The van der Waals surface area contributed by atoms with E-state index in [-0.39, 0.29) is 0 Å². The van der Waals surface area contributed by atoms with Gasteiger partial charge in [0, 0.05) is 11.9 Å². The van der Waals surface area contributed by atoms with Gasteiger partial charge in [0.05, 0.1) is 10.2 Å². The number of aromatic nitrogens is 1. The van der Waals surface area contributed by atoms with Crippen molar-refractivity contribution in [3.05, 3.63) is 24.3 Å². The first-order chi connectivity index (χ1) is 14.1. The summed E-state index contributed by atoms with van der Waals surface area (Å²) in [6.45, 7) is 4.81. The van der Waals surface area contributed by atoms with Crippen LogP contribution in [0.4, 0.5) is 0 Å². The molecule has 1 aromatic carbocycles. The van der Waals surface area contributed by atoms with Gasteiger partial charge in [0.1, 0.15) is 0 Å². The van der Waals surface area contributed by atoms with E-state index in [1.54, 1.807) is 32.0 Å². The zero-order valence-electron chi connectivity index (χ0n) is 16.7. The number of para-hydroxylation sites is 1. The van der Waals surface area contributed by atoms with Gasteiger partial charge in [-0.25, -0.2) is 4.98 Å². The van der Waals surface area contributed by atoms with Crippen molar-refractivity contribution in [2.24, 2.45) is 0 Å². The summed E-state index contributed by atoms with van der Waals surface area (Å²) in [7, 11) is 11.5. The lowest BCUT2D eigenvalue weighted by atomic mass is 9.98. The molecule has 3 rings (SSSR count). The molecule has 0 atom stereocenters. The largest absolute Gasteiger partial charge is 0.414 e. The van der Waals surface area contributed by atoms with Gasteiger partial charge >= 0.3 is 0 Å². The minimum atomic E-state index is -1.47. The fraction of sp³-hybridized carbons (Fsp3) is 0.611. The fourth-order valence-electron chi connectivity index (χ4n) is 3.27. The van der Waals surface area contributed by atoms with Crippen LogP contribution in [0, 0.1) is 0 Å². The molecule has 0 N–H and O–H groups in total. The van der Waals surface area contributed by atoms with Gasteiger partial charge in [-0.2, -0.15) is 0 Å². The third-order valence-electron chi connectivity index (χ3n) is 4.58. The van der Waals surface area contributed by atoms with E-state index in [1.807, 2.05) is 56.2 Å². The first-order valence-electron chi connectivity index (χ1n) is 9.79.